The molecule has 2 rings (SSSR count). The zero-order valence-electron chi connectivity index (χ0n) is 12.4. The van der Waals surface area contributed by atoms with Crippen LogP contribution in [0.3, 0.4) is 0 Å². The number of nitrogens with two attached hydrogens (primary N) is 1. The van der Waals surface area contributed by atoms with Crippen molar-refractivity contribution < 1.29 is 4.79 Å². The molecule has 0 bridgehead atoms. The Morgan fingerprint density at radius 2 is 2.00 bits per heavy atom. The number of likely N-dealkylation sites (tertiary alicyclic amines) is 1. The second-order valence-electron chi connectivity index (χ2n) is 5.70. The third kappa shape index (κ3) is 3.02. The summed E-state index contributed by atoms with van der Waals surface area (Å²) in [5.41, 5.74) is 8.10. The van der Waals surface area contributed by atoms with Gasteiger partial charge in [-0.2, -0.15) is 0 Å². The van der Waals surface area contributed by atoms with Crippen molar-refractivity contribution in [2.75, 3.05) is 19.6 Å². The van der Waals surface area contributed by atoms with Gasteiger partial charge < -0.3 is 10.6 Å². The number of rotatable bonds is 1. The van der Waals surface area contributed by atoms with Crippen molar-refractivity contribution in [2.24, 2.45) is 17.6 Å². The van der Waals surface area contributed by atoms with Gasteiger partial charge in [0.15, 0.2) is 0 Å². The SMILES string of the molecule is Cc1cc(C(=O)N2CC(C)C(C)C2)ccc1C#CCN. The minimum atomic E-state index is 0.127. The lowest BCUT2D eigenvalue weighted by Gasteiger charge is -2.16. The van der Waals surface area contributed by atoms with Crippen LogP contribution in [0, 0.1) is 30.6 Å². The van der Waals surface area contributed by atoms with Gasteiger partial charge in [0, 0.05) is 24.2 Å². The molecule has 2 N–H and O–H groups in total. The monoisotopic (exact) mass is 270 g/mol. The summed E-state index contributed by atoms with van der Waals surface area (Å²) < 4.78 is 0. The number of hydrogen-bond donors (Lipinski definition) is 1. The largest absolute Gasteiger partial charge is 0.338 e. The van der Waals surface area contributed by atoms with Crippen LogP contribution in [0.4, 0.5) is 0 Å². The third-order valence-corrected chi connectivity index (χ3v) is 4.07. The van der Waals surface area contributed by atoms with Gasteiger partial charge in [-0.25, -0.2) is 0 Å². The number of carbonyl (C=O) groups is 1. The lowest BCUT2D eigenvalue weighted by atomic mass is 10.0. The van der Waals surface area contributed by atoms with E-state index in [-0.39, 0.29) is 5.91 Å². The first-order valence-electron chi connectivity index (χ1n) is 7.11. The van der Waals surface area contributed by atoms with Crippen LogP contribution in [-0.4, -0.2) is 30.4 Å². The molecule has 1 aromatic carbocycles. The molecule has 106 valence electrons. The Hall–Kier alpha value is -1.79. The first kappa shape index (κ1) is 14.6. The van der Waals surface area contributed by atoms with E-state index in [0.717, 1.165) is 29.8 Å². The normalized spacial score (nSPS) is 21.5. The molecular weight excluding hydrogens is 248 g/mol. The molecule has 0 radical (unpaired) electrons. The Balaban J connectivity index is 2.17. The number of amides is 1. The van der Waals surface area contributed by atoms with E-state index in [9.17, 15) is 4.79 Å². The van der Waals surface area contributed by atoms with Gasteiger partial charge in [-0.15, -0.1) is 0 Å². The second kappa shape index (κ2) is 6.11. The van der Waals surface area contributed by atoms with Crippen LogP contribution in [0.1, 0.15) is 35.3 Å². The van der Waals surface area contributed by atoms with Crippen molar-refractivity contribution in [3.63, 3.8) is 0 Å². The summed E-state index contributed by atoms with van der Waals surface area (Å²) >= 11 is 0. The van der Waals surface area contributed by atoms with Gasteiger partial charge in [0.1, 0.15) is 0 Å². The zero-order valence-corrected chi connectivity index (χ0v) is 12.4. The number of nitrogens with zero attached hydrogens (tertiary/aromatic N) is 1. The van der Waals surface area contributed by atoms with Gasteiger partial charge in [-0.05, 0) is 42.5 Å². The Morgan fingerprint density at radius 3 is 2.55 bits per heavy atom. The van der Waals surface area contributed by atoms with Crippen molar-refractivity contribution in [3.8, 4) is 11.8 Å². The highest BCUT2D eigenvalue weighted by molar-refractivity contribution is 5.94. The molecule has 2 unspecified atom stereocenters. The summed E-state index contributed by atoms with van der Waals surface area (Å²) in [5, 5.41) is 0. The van der Waals surface area contributed by atoms with E-state index in [1.165, 1.54) is 0 Å². The predicted octanol–water partition coefficient (Wildman–Crippen LogP) is 2.03. The number of aryl methyl sites for hydroxylation is 1. The molecule has 0 saturated carbocycles. The fourth-order valence-corrected chi connectivity index (χ4v) is 2.56. The van der Waals surface area contributed by atoms with Crippen LogP contribution < -0.4 is 5.73 Å². The summed E-state index contributed by atoms with van der Waals surface area (Å²) in [5.74, 6) is 7.15. The Morgan fingerprint density at radius 1 is 1.35 bits per heavy atom. The maximum atomic E-state index is 12.5. The van der Waals surface area contributed by atoms with E-state index in [4.69, 9.17) is 5.73 Å². The van der Waals surface area contributed by atoms with E-state index >= 15 is 0 Å². The predicted molar refractivity (Wildman–Crippen MR) is 81.3 cm³/mol. The smallest absolute Gasteiger partial charge is 0.253 e. The molecule has 1 fully saturated rings. The first-order chi connectivity index (χ1) is 9.52. The summed E-state index contributed by atoms with van der Waals surface area (Å²) in [6, 6.07) is 5.70. The fourth-order valence-electron chi connectivity index (χ4n) is 2.56. The molecule has 0 spiro atoms. The molecule has 0 aromatic heterocycles. The summed E-state index contributed by atoms with van der Waals surface area (Å²) in [6.45, 7) is 8.45. The summed E-state index contributed by atoms with van der Waals surface area (Å²) in [6.07, 6.45) is 0. The number of benzene rings is 1. The molecule has 20 heavy (non-hydrogen) atoms. The van der Waals surface area contributed by atoms with Crippen LogP contribution in [0.25, 0.3) is 0 Å². The standard InChI is InChI=1S/C17H22N2O/c1-12-9-16(7-6-15(12)5-4-8-18)17(20)19-10-13(2)14(3)11-19/h6-7,9,13-14H,8,10-11,18H2,1-3H3. The topological polar surface area (TPSA) is 46.3 Å². The lowest BCUT2D eigenvalue weighted by Crippen LogP contribution is -2.28. The molecule has 3 heteroatoms. The van der Waals surface area contributed by atoms with Crippen LogP contribution in [0.5, 0.6) is 0 Å². The quantitative estimate of drug-likeness (QED) is 0.794. The fraction of sp³-hybridized carbons (Fsp3) is 0.471. The van der Waals surface area contributed by atoms with Crippen molar-refractivity contribution in [1.82, 2.24) is 4.90 Å². The van der Waals surface area contributed by atoms with Gasteiger partial charge >= 0.3 is 0 Å². The molecule has 1 aliphatic rings. The van der Waals surface area contributed by atoms with Gasteiger partial charge in [-0.1, -0.05) is 25.7 Å². The first-order valence-corrected chi connectivity index (χ1v) is 7.11. The van der Waals surface area contributed by atoms with E-state index in [0.29, 0.717) is 18.4 Å². The number of hydrogen-bond acceptors (Lipinski definition) is 2. The van der Waals surface area contributed by atoms with Crippen LogP contribution in [0.2, 0.25) is 0 Å². The van der Waals surface area contributed by atoms with Gasteiger partial charge in [0.2, 0.25) is 0 Å². The molecule has 1 heterocycles. The van der Waals surface area contributed by atoms with Crippen molar-refractivity contribution in [1.29, 1.82) is 0 Å². The molecule has 3 nitrogen and oxygen atoms in total. The minimum Gasteiger partial charge on any atom is -0.338 e. The Labute approximate surface area is 121 Å². The van der Waals surface area contributed by atoms with E-state index in [1.807, 2.05) is 30.0 Å². The van der Waals surface area contributed by atoms with E-state index in [2.05, 4.69) is 25.7 Å². The Kier molecular flexibility index (Phi) is 4.46. The van der Waals surface area contributed by atoms with E-state index in [1.54, 1.807) is 0 Å². The molecule has 1 amide bonds. The Bertz CT molecular complexity index is 558. The van der Waals surface area contributed by atoms with Crippen molar-refractivity contribution in [2.45, 2.75) is 20.8 Å². The molecule has 1 saturated heterocycles. The van der Waals surface area contributed by atoms with Gasteiger partial charge in [0.05, 0.1) is 6.54 Å². The molecule has 1 aromatic rings. The zero-order chi connectivity index (χ0) is 14.7. The third-order valence-electron chi connectivity index (χ3n) is 4.07. The summed E-state index contributed by atoms with van der Waals surface area (Å²) in [7, 11) is 0. The number of carbonyl (C=O) groups excluding carboxylic acids is 1. The molecule has 0 aliphatic carbocycles. The summed E-state index contributed by atoms with van der Waals surface area (Å²) in [4.78, 5) is 14.4. The minimum absolute atomic E-state index is 0.127. The lowest BCUT2D eigenvalue weighted by molar-refractivity contribution is 0.0785. The average Bonchev–Trinajstić information content (AvgIpc) is 2.76. The highest BCUT2D eigenvalue weighted by atomic mass is 16.2. The maximum absolute atomic E-state index is 12.5. The van der Waals surface area contributed by atoms with Crippen molar-refractivity contribution >= 4 is 5.91 Å². The van der Waals surface area contributed by atoms with Crippen LogP contribution in [-0.2, 0) is 0 Å². The molecule has 1 aliphatic heterocycles. The van der Waals surface area contributed by atoms with E-state index < -0.39 is 0 Å². The highest BCUT2D eigenvalue weighted by Crippen LogP contribution is 2.24. The average molecular weight is 270 g/mol. The highest BCUT2D eigenvalue weighted by Gasteiger charge is 2.29. The van der Waals surface area contributed by atoms with Crippen molar-refractivity contribution in [3.05, 3.63) is 34.9 Å². The van der Waals surface area contributed by atoms with Crippen LogP contribution in [0.15, 0.2) is 18.2 Å². The van der Waals surface area contributed by atoms with Gasteiger partial charge in [-0.3, -0.25) is 4.79 Å². The second-order valence-corrected chi connectivity index (χ2v) is 5.70. The molecule has 2 atom stereocenters. The van der Waals surface area contributed by atoms with Gasteiger partial charge in [0.25, 0.3) is 5.91 Å². The maximum Gasteiger partial charge on any atom is 0.253 e. The molecular formula is C17H22N2O. The van der Waals surface area contributed by atoms with Crippen LogP contribution >= 0.6 is 0 Å².